The van der Waals surface area contributed by atoms with Crippen molar-refractivity contribution in [3.8, 4) is 0 Å². The summed E-state index contributed by atoms with van der Waals surface area (Å²) in [6.07, 6.45) is 3.28. The Morgan fingerprint density at radius 1 is 1.06 bits per heavy atom. The maximum atomic E-state index is 11.8. The summed E-state index contributed by atoms with van der Waals surface area (Å²) in [6.45, 7) is 15.4. The monoisotopic (exact) mass is 277 g/mol. The molecular weight excluding hydrogens is 246 g/mol. The first-order valence-electron chi connectivity index (χ1n) is 6.74. The molecule has 0 aliphatic carbocycles. The van der Waals surface area contributed by atoms with Crippen molar-refractivity contribution in [3.63, 3.8) is 0 Å². The van der Waals surface area contributed by atoms with Crippen LogP contribution in [0.3, 0.4) is 0 Å². The Balaban J connectivity index is 4.50. The van der Waals surface area contributed by atoms with Crippen LogP contribution in [-0.4, -0.2) is 31.1 Å². The number of hydrogen-bond acceptors (Lipinski definition) is 2. The van der Waals surface area contributed by atoms with Gasteiger partial charge in [0.05, 0.1) is 6.26 Å². The van der Waals surface area contributed by atoms with Gasteiger partial charge in [-0.05, 0) is 44.9 Å². The van der Waals surface area contributed by atoms with Gasteiger partial charge < -0.3 is 0 Å². The van der Waals surface area contributed by atoms with Gasteiger partial charge in [-0.15, -0.1) is 0 Å². The molecule has 0 aromatic carbocycles. The van der Waals surface area contributed by atoms with Gasteiger partial charge in [0.1, 0.15) is 0 Å². The summed E-state index contributed by atoms with van der Waals surface area (Å²) in [7, 11) is -3.12. The maximum Gasteiger partial charge on any atom is 0.211 e. The third kappa shape index (κ3) is 6.19. The van der Waals surface area contributed by atoms with Crippen LogP contribution >= 0.6 is 0 Å². The van der Waals surface area contributed by atoms with Crippen LogP contribution in [0.1, 0.15) is 61.3 Å². The fourth-order valence-electron chi connectivity index (χ4n) is 1.97. The molecule has 0 bridgehead atoms. The Kier molecular flexibility index (Phi) is 5.88. The van der Waals surface area contributed by atoms with Crippen LogP contribution < -0.4 is 0 Å². The molecule has 0 unspecified atom stereocenters. The number of nitrogens with zero attached hydrogens (tertiary/aromatic N) is 1. The first-order valence-corrected chi connectivity index (χ1v) is 8.59. The van der Waals surface area contributed by atoms with Gasteiger partial charge >= 0.3 is 0 Å². The molecule has 3 nitrogen and oxygen atoms in total. The third-order valence-electron chi connectivity index (χ3n) is 3.63. The van der Waals surface area contributed by atoms with E-state index in [2.05, 4.69) is 27.7 Å². The molecule has 0 aromatic heterocycles. The van der Waals surface area contributed by atoms with E-state index in [1.165, 1.54) is 6.26 Å². The molecule has 4 heteroatoms. The zero-order valence-corrected chi connectivity index (χ0v) is 14.2. The molecular formula is C14H31NO2S. The van der Waals surface area contributed by atoms with Crippen molar-refractivity contribution in [2.75, 3.05) is 12.8 Å². The van der Waals surface area contributed by atoms with Crippen LogP contribution in [0.2, 0.25) is 0 Å². The van der Waals surface area contributed by atoms with Crippen molar-refractivity contribution < 1.29 is 8.42 Å². The maximum absolute atomic E-state index is 11.8. The van der Waals surface area contributed by atoms with E-state index in [4.69, 9.17) is 0 Å². The minimum atomic E-state index is -3.12. The fraction of sp³-hybridized carbons (Fsp3) is 1.00. The van der Waals surface area contributed by atoms with Crippen LogP contribution in [0.4, 0.5) is 0 Å². The van der Waals surface area contributed by atoms with Crippen molar-refractivity contribution in [1.29, 1.82) is 0 Å². The van der Waals surface area contributed by atoms with Crippen LogP contribution in [0.15, 0.2) is 0 Å². The average molecular weight is 277 g/mol. The van der Waals surface area contributed by atoms with Gasteiger partial charge in [-0.3, -0.25) is 0 Å². The second kappa shape index (κ2) is 5.91. The first kappa shape index (κ1) is 17.9. The van der Waals surface area contributed by atoms with Crippen LogP contribution in [0.25, 0.3) is 0 Å². The second-order valence-electron chi connectivity index (χ2n) is 7.42. The van der Waals surface area contributed by atoms with E-state index in [9.17, 15) is 8.42 Å². The molecule has 0 rings (SSSR count). The van der Waals surface area contributed by atoms with E-state index in [1.54, 1.807) is 4.31 Å². The Morgan fingerprint density at radius 3 is 1.78 bits per heavy atom. The summed E-state index contributed by atoms with van der Waals surface area (Å²) >= 11 is 0. The molecule has 18 heavy (non-hydrogen) atoms. The summed E-state index contributed by atoms with van der Waals surface area (Å²) in [5, 5.41) is 0. The predicted octanol–water partition coefficient (Wildman–Crippen LogP) is 3.51. The molecule has 0 spiro atoms. The standard InChI is InChI=1S/C14H31NO2S/c1-12(13(2,3)4)10-9-11-15(14(5,6)7)18(8,16)17/h12H,9-11H2,1-8H3/t12-/m1/s1. The van der Waals surface area contributed by atoms with Gasteiger partial charge in [0.2, 0.25) is 10.0 Å². The SMILES string of the molecule is C[C@H](CCCN(C(C)(C)C)S(C)(=O)=O)C(C)(C)C. The summed E-state index contributed by atoms with van der Waals surface area (Å²) in [6, 6.07) is 0. The number of hydrogen-bond donors (Lipinski definition) is 0. The Labute approximate surface area is 114 Å². The van der Waals surface area contributed by atoms with Crippen LogP contribution in [0.5, 0.6) is 0 Å². The quantitative estimate of drug-likeness (QED) is 0.771. The first-order chi connectivity index (χ1) is 7.76. The highest BCUT2D eigenvalue weighted by molar-refractivity contribution is 7.88. The smallest absolute Gasteiger partial charge is 0.211 e. The second-order valence-corrected chi connectivity index (χ2v) is 9.32. The molecule has 0 amide bonds. The van der Waals surface area contributed by atoms with E-state index in [0.717, 1.165) is 12.8 Å². The van der Waals surface area contributed by atoms with Crippen LogP contribution in [0, 0.1) is 11.3 Å². The minimum Gasteiger partial charge on any atom is -0.212 e. The van der Waals surface area contributed by atoms with E-state index >= 15 is 0 Å². The van der Waals surface area contributed by atoms with E-state index in [-0.39, 0.29) is 11.0 Å². The lowest BCUT2D eigenvalue weighted by atomic mass is 9.79. The zero-order chi connectivity index (χ0) is 14.8. The summed E-state index contributed by atoms with van der Waals surface area (Å²) in [4.78, 5) is 0. The molecule has 0 saturated heterocycles. The molecule has 0 aliphatic heterocycles. The molecule has 0 saturated carbocycles. The van der Waals surface area contributed by atoms with Gasteiger partial charge in [-0.1, -0.05) is 27.7 Å². The average Bonchev–Trinajstić information content (AvgIpc) is 2.05. The summed E-state index contributed by atoms with van der Waals surface area (Å²) in [5.41, 5.74) is -0.0454. The number of rotatable bonds is 5. The largest absolute Gasteiger partial charge is 0.212 e. The normalized spacial score (nSPS) is 16.1. The van der Waals surface area contributed by atoms with E-state index in [1.807, 2.05) is 20.8 Å². The minimum absolute atomic E-state index is 0.289. The Morgan fingerprint density at radius 2 is 1.50 bits per heavy atom. The van der Waals surface area contributed by atoms with Gasteiger partial charge in [0.25, 0.3) is 0 Å². The third-order valence-corrected chi connectivity index (χ3v) is 5.16. The van der Waals surface area contributed by atoms with Crippen molar-refractivity contribution in [1.82, 2.24) is 4.31 Å². The summed E-state index contributed by atoms with van der Waals surface area (Å²) in [5.74, 6) is 0.596. The van der Waals surface area contributed by atoms with Crippen LogP contribution in [-0.2, 0) is 10.0 Å². The Bertz CT molecular complexity index is 347. The summed E-state index contributed by atoms with van der Waals surface area (Å²) < 4.78 is 25.2. The number of sulfonamides is 1. The van der Waals surface area contributed by atoms with Gasteiger partial charge in [0.15, 0.2) is 0 Å². The van der Waals surface area contributed by atoms with E-state index in [0.29, 0.717) is 12.5 Å². The highest BCUT2D eigenvalue weighted by Gasteiger charge is 2.29. The van der Waals surface area contributed by atoms with Crippen molar-refractivity contribution in [2.45, 2.75) is 66.8 Å². The highest BCUT2D eigenvalue weighted by atomic mass is 32.2. The lowest BCUT2D eigenvalue weighted by molar-refractivity contribution is 0.211. The van der Waals surface area contributed by atoms with Crippen molar-refractivity contribution in [2.24, 2.45) is 11.3 Å². The van der Waals surface area contributed by atoms with E-state index < -0.39 is 10.0 Å². The fourth-order valence-corrected chi connectivity index (χ4v) is 3.43. The van der Waals surface area contributed by atoms with Crippen molar-refractivity contribution >= 4 is 10.0 Å². The molecule has 1 atom stereocenters. The molecule has 0 fully saturated rings. The molecule has 0 aliphatic rings. The lowest BCUT2D eigenvalue weighted by Gasteiger charge is -2.34. The highest BCUT2D eigenvalue weighted by Crippen LogP contribution is 2.29. The molecule has 110 valence electrons. The topological polar surface area (TPSA) is 37.4 Å². The van der Waals surface area contributed by atoms with Gasteiger partial charge in [-0.25, -0.2) is 8.42 Å². The van der Waals surface area contributed by atoms with Crippen molar-refractivity contribution in [3.05, 3.63) is 0 Å². The predicted molar refractivity (Wildman–Crippen MR) is 79.2 cm³/mol. The van der Waals surface area contributed by atoms with Gasteiger partial charge in [0, 0.05) is 12.1 Å². The molecule has 0 aromatic rings. The van der Waals surface area contributed by atoms with Gasteiger partial charge in [-0.2, -0.15) is 4.31 Å². The molecule has 0 N–H and O–H groups in total. The molecule has 0 radical (unpaired) electrons. The molecule has 0 heterocycles. The zero-order valence-electron chi connectivity index (χ0n) is 13.4. The Hall–Kier alpha value is -0.0900. The lowest BCUT2D eigenvalue weighted by Crippen LogP contribution is -2.45.